The van der Waals surface area contributed by atoms with Gasteiger partial charge in [-0.05, 0) is 44.9 Å². The molecule has 0 spiro atoms. The Morgan fingerprint density at radius 3 is 1.28 bits per heavy atom. The van der Waals surface area contributed by atoms with Crippen molar-refractivity contribution in [1.82, 2.24) is 0 Å². The van der Waals surface area contributed by atoms with Crippen molar-refractivity contribution in [3.63, 3.8) is 0 Å². The van der Waals surface area contributed by atoms with E-state index in [4.69, 9.17) is 18.9 Å². The number of carbonyl (C=O) groups is 1. The van der Waals surface area contributed by atoms with E-state index in [2.05, 4.69) is 38.2 Å². The first-order valence-electron chi connectivity index (χ1n) is 28.9. The maximum atomic E-state index is 12.9. The molecular formula is C58H110O9. The molecule has 6 atom stereocenters. The zero-order valence-electron chi connectivity index (χ0n) is 43.9. The van der Waals surface area contributed by atoms with Gasteiger partial charge >= 0.3 is 5.97 Å². The SMILES string of the molecule is CCCCCCC/C=C\C/C=C\CCCCCCCCCCCCOCC(COC1OC(CO)C(O)C(O)C1O)OC(=O)CCCCCCCCCCCCCCCCCCCCCCCC. The second-order valence-corrected chi connectivity index (χ2v) is 20.1. The minimum Gasteiger partial charge on any atom is -0.457 e. The van der Waals surface area contributed by atoms with Gasteiger partial charge in [0.25, 0.3) is 0 Å². The van der Waals surface area contributed by atoms with Crippen LogP contribution in [0.25, 0.3) is 0 Å². The first kappa shape index (κ1) is 63.7. The molecule has 9 nitrogen and oxygen atoms in total. The zero-order valence-corrected chi connectivity index (χ0v) is 43.9. The fourth-order valence-corrected chi connectivity index (χ4v) is 9.11. The zero-order chi connectivity index (χ0) is 48.5. The number of hydrogen-bond acceptors (Lipinski definition) is 9. The third-order valence-electron chi connectivity index (χ3n) is 13.6. The van der Waals surface area contributed by atoms with Gasteiger partial charge in [-0.1, -0.05) is 250 Å². The molecule has 0 saturated carbocycles. The van der Waals surface area contributed by atoms with Crippen molar-refractivity contribution < 1.29 is 44.2 Å². The van der Waals surface area contributed by atoms with Crippen LogP contribution in [0.4, 0.5) is 0 Å². The van der Waals surface area contributed by atoms with Crippen LogP contribution in [-0.2, 0) is 23.7 Å². The molecule has 1 fully saturated rings. The standard InChI is InChI=1S/C58H110O9/c1-3-5-7-9-11-13-15-17-19-21-23-25-27-29-31-33-35-37-39-41-43-45-47-54(60)66-52(51-65-58-57(63)56(62)55(61)53(49-59)67-58)50-64-48-46-44-42-40-38-36-34-32-30-28-26-24-22-20-18-16-14-12-10-8-6-4-2/h16,18,22,24,52-53,55-59,61-63H,3-15,17,19-21,23,25-51H2,1-2H3/b18-16-,24-22-. The van der Waals surface area contributed by atoms with Crippen molar-refractivity contribution in [3.05, 3.63) is 24.3 Å². The van der Waals surface area contributed by atoms with E-state index >= 15 is 0 Å². The second kappa shape index (κ2) is 49.6. The van der Waals surface area contributed by atoms with Crippen molar-refractivity contribution in [2.45, 2.75) is 314 Å². The Bertz CT molecular complexity index is 1080. The number of unbranched alkanes of at least 4 members (excludes halogenated alkanes) is 36. The smallest absolute Gasteiger partial charge is 0.306 e. The van der Waals surface area contributed by atoms with Crippen LogP contribution < -0.4 is 0 Å². The number of aliphatic hydroxyl groups excluding tert-OH is 4. The molecule has 0 aromatic carbocycles. The first-order valence-corrected chi connectivity index (χ1v) is 28.9. The van der Waals surface area contributed by atoms with Crippen LogP contribution in [0.2, 0.25) is 0 Å². The summed E-state index contributed by atoms with van der Waals surface area (Å²) in [4.78, 5) is 12.9. The predicted octanol–water partition coefficient (Wildman–Crippen LogP) is 14.9. The van der Waals surface area contributed by atoms with Crippen LogP contribution in [0, 0.1) is 0 Å². The summed E-state index contributed by atoms with van der Waals surface area (Å²) in [6, 6.07) is 0. The molecule has 0 bridgehead atoms. The third kappa shape index (κ3) is 40.0. The molecule has 0 aromatic heterocycles. The van der Waals surface area contributed by atoms with E-state index in [-0.39, 0.29) is 19.2 Å². The van der Waals surface area contributed by atoms with Gasteiger partial charge in [-0.3, -0.25) is 4.79 Å². The average molecular weight is 952 g/mol. The fourth-order valence-electron chi connectivity index (χ4n) is 9.11. The Morgan fingerprint density at radius 2 is 0.866 bits per heavy atom. The van der Waals surface area contributed by atoms with E-state index in [0.29, 0.717) is 13.0 Å². The quantitative estimate of drug-likeness (QED) is 0.0267. The fraction of sp³-hybridized carbons (Fsp3) is 0.914. The second-order valence-electron chi connectivity index (χ2n) is 20.1. The maximum absolute atomic E-state index is 12.9. The number of rotatable bonds is 51. The lowest BCUT2D eigenvalue weighted by molar-refractivity contribution is -0.305. The molecule has 1 heterocycles. The molecule has 6 unspecified atom stereocenters. The van der Waals surface area contributed by atoms with Crippen LogP contribution in [0.3, 0.4) is 0 Å². The summed E-state index contributed by atoms with van der Waals surface area (Å²) in [6.45, 7) is 4.60. The van der Waals surface area contributed by atoms with Gasteiger partial charge in [0.15, 0.2) is 6.29 Å². The highest BCUT2D eigenvalue weighted by Gasteiger charge is 2.44. The van der Waals surface area contributed by atoms with Crippen LogP contribution in [0.15, 0.2) is 24.3 Å². The van der Waals surface area contributed by atoms with Crippen LogP contribution >= 0.6 is 0 Å². The molecule has 0 amide bonds. The number of carbonyl (C=O) groups excluding carboxylic acids is 1. The normalized spacial score (nSPS) is 19.3. The van der Waals surface area contributed by atoms with Gasteiger partial charge in [-0.25, -0.2) is 0 Å². The molecule has 4 N–H and O–H groups in total. The van der Waals surface area contributed by atoms with Gasteiger partial charge in [0.1, 0.15) is 30.5 Å². The highest BCUT2D eigenvalue weighted by molar-refractivity contribution is 5.69. The molecule has 1 saturated heterocycles. The van der Waals surface area contributed by atoms with E-state index in [0.717, 1.165) is 38.5 Å². The number of hydrogen-bond donors (Lipinski definition) is 4. The van der Waals surface area contributed by atoms with E-state index < -0.39 is 43.4 Å². The molecule has 67 heavy (non-hydrogen) atoms. The molecule has 1 aliphatic heterocycles. The summed E-state index contributed by atoms with van der Waals surface area (Å²) in [6.07, 6.45) is 53.7. The predicted molar refractivity (Wildman–Crippen MR) is 279 cm³/mol. The van der Waals surface area contributed by atoms with Crippen molar-refractivity contribution in [2.75, 3.05) is 26.4 Å². The van der Waals surface area contributed by atoms with E-state index in [1.807, 2.05) is 0 Å². The Balaban J connectivity index is 2.14. The topological polar surface area (TPSA) is 135 Å². The van der Waals surface area contributed by atoms with Crippen LogP contribution in [0.1, 0.15) is 277 Å². The molecular weight excluding hydrogens is 841 g/mol. The van der Waals surface area contributed by atoms with E-state index in [1.54, 1.807) is 0 Å². The first-order chi connectivity index (χ1) is 32.9. The maximum Gasteiger partial charge on any atom is 0.306 e. The summed E-state index contributed by atoms with van der Waals surface area (Å²) in [5, 5.41) is 40.3. The largest absolute Gasteiger partial charge is 0.457 e. The van der Waals surface area contributed by atoms with E-state index in [1.165, 1.54) is 218 Å². The molecule has 1 rings (SSSR count). The number of aliphatic hydroxyl groups is 4. The lowest BCUT2D eigenvalue weighted by atomic mass is 9.99. The van der Waals surface area contributed by atoms with Gasteiger partial charge < -0.3 is 39.4 Å². The van der Waals surface area contributed by atoms with Crippen LogP contribution in [-0.4, -0.2) is 89.6 Å². The highest BCUT2D eigenvalue weighted by Crippen LogP contribution is 2.23. The Hall–Kier alpha value is -1.33. The Morgan fingerprint density at radius 1 is 0.478 bits per heavy atom. The number of ether oxygens (including phenoxy) is 4. The van der Waals surface area contributed by atoms with Gasteiger partial charge in [-0.15, -0.1) is 0 Å². The number of esters is 1. The van der Waals surface area contributed by atoms with Gasteiger partial charge in [-0.2, -0.15) is 0 Å². The summed E-state index contributed by atoms with van der Waals surface area (Å²) < 4.78 is 23.0. The molecule has 0 aromatic rings. The van der Waals surface area contributed by atoms with Crippen molar-refractivity contribution >= 4 is 5.97 Å². The van der Waals surface area contributed by atoms with Crippen molar-refractivity contribution in [1.29, 1.82) is 0 Å². The summed E-state index contributed by atoms with van der Waals surface area (Å²) in [5.41, 5.74) is 0. The van der Waals surface area contributed by atoms with E-state index in [9.17, 15) is 25.2 Å². The summed E-state index contributed by atoms with van der Waals surface area (Å²) in [5.74, 6) is -0.307. The monoisotopic (exact) mass is 951 g/mol. The average Bonchev–Trinajstić information content (AvgIpc) is 3.33. The third-order valence-corrected chi connectivity index (χ3v) is 13.6. The molecule has 0 radical (unpaired) electrons. The lowest BCUT2D eigenvalue weighted by Crippen LogP contribution is -2.59. The summed E-state index contributed by atoms with van der Waals surface area (Å²) >= 11 is 0. The summed E-state index contributed by atoms with van der Waals surface area (Å²) in [7, 11) is 0. The minimum absolute atomic E-state index is 0.110. The van der Waals surface area contributed by atoms with Crippen molar-refractivity contribution in [3.8, 4) is 0 Å². The number of allylic oxidation sites excluding steroid dienone is 4. The Labute approximate surface area is 413 Å². The van der Waals surface area contributed by atoms with Gasteiger partial charge in [0.2, 0.25) is 0 Å². The minimum atomic E-state index is -1.54. The lowest BCUT2D eigenvalue weighted by Gasteiger charge is -2.39. The molecule has 396 valence electrons. The van der Waals surface area contributed by atoms with Crippen LogP contribution in [0.5, 0.6) is 0 Å². The molecule has 0 aliphatic carbocycles. The van der Waals surface area contributed by atoms with Crippen molar-refractivity contribution in [2.24, 2.45) is 0 Å². The molecule has 9 heteroatoms. The highest BCUT2D eigenvalue weighted by atomic mass is 16.7. The Kier molecular flexibility index (Phi) is 47.2. The van der Waals surface area contributed by atoms with Gasteiger partial charge in [0.05, 0.1) is 19.8 Å². The molecule has 1 aliphatic rings. The van der Waals surface area contributed by atoms with Gasteiger partial charge in [0, 0.05) is 13.0 Å².